The molecule has 0 fully saturated rings. The van der Waals surface area contributed by atoms with Crippen molar-refractivity contribution in [2.45, 2.75) is 26.4 Å². The standard InChI is InChI=1S/C14H20O3/c1-7-10-8-9-11(17-14(2,3)4)13(16-6)12(10)15-5/h7-9H,1H2,2-6H3. The van der Waals surface area contributed by atoms with Crippen LogP contribution in [0.5, 0.6) is 17.2 Å². The molecule has 1 aromatic rings. The van der Waals surface area contributed by atoms with E-state index in [0.717, 1.165) is 5.56 Å². The first-order valence-electron chi connectivity index (χ1n) is 5.49. The van der Waals surface area contributed by atoms with Crippen molar-refractivity contribution in [3.05, 3.63) is 24.3 Å². The second kappa shape index (κ2) is 5.13. The van der Waals surface area contributed by atoms with Gasteiger partial charge in [0.25, 0.3) is 0 Å². The van der Waals surface area contributed by atoms with E-state index < -0.39 is 0 Å². The van der Waals surface area contributed by atoms with Crippen molar-refractivity contribution in [1.82, 2.24) is 0 Å². The molecule has 3 heteroatoms. The lowest BCUT2D eigenvalue weighted by Crippen LogP contribution is -2.23. The topological polar surface area (TPSA) is 27.7 Å². The lowest BCUT2D eigenvalue weighted by atomic mass is 10.1. The maximum Gasteiger partial charge on any atom is 0.203 e. The molecule has 94 valence electrons. The van der Waals surface area contributed by atoms with Gasteiger partial charge >= 0.3 is 0 Å². The van der Waals surface area contributed by atoms with Gasteiger partial charge in [0.1, 0.15) is 5.60 Å². The molecule has 1 aromatic carbocycles. The summed E-state index contributed by atoms with van der Waals surface area (Å²) in [5.41, 5.74) is 0.596. The molecule has 0 saturated heterocycles. The minimum Gasteiger partial charge on any atom is -0.492 e. The third-order valence-corrected chi connectivity index (χ3v) is 2.15. The number of rotatable bonds is 4. The summed E-state index contributed by atoms with van der Waals surface area (Å²) >= 11 is 0. The van der Waals surface area contributed by atoms with E-state index >= 15 is 0 Å². The Morgan fingerprint density at radius 2 is 1.65 bits per heavy atom. The van der Waals surface area contributed by atoms with Crippen LogP contribution in [0.4, 0.5) is 0 Å². The van der Waals surface area contributed by atoms with Crippen LogP contribution >= 0.6 is 0 Å². The van der Waals surface area contributed by atoms with Crippen LogP contribution in [0.2, 0.25) is 0 Å². The largest absolute Gasteiger partial charge is 0.492 e. The van der Waals surface area contributed by atoms with E-state index in [0.29, 0.717) is 17.2 Å². The zero-order chi connectivity index (χ0) is 13.1. The Morgan fingerprint density at radius 1 is 1.06 bits per heavy atom. The Labute approximate surface area is 103 Å². The van der Waals surface area contributed by atoms with Gasteiger partial charge in [-0.2, -0.15) is 0 Å². The molecule has 0 spiro atoms. The molecule has 0 aromatic heterocycles. The van der Waals surface area contributed by atoms with E-state index in [1.807, 2.05) is 32.9 Å². The molecule has 0 aliphatic heterocycles. The van der Waals surface area contributed by atoms with Gasteiger partial charge in [0, 0.05) is 5.56 Å². The molecule has 0 amide bonds. The Kier molecular flexibility index (Phi) is 4.05. The summed E-state index contributed by atoms with van der Waals surface area (Å²) in [7, 11) is 3.20. The maximum atomic E-state index is 5.83. The third-order valence-electron chi connectivity index (χ3n) is 2.15. The molecule has 0 bridgehead atoms. The summed E-state index contributed by atoms with van der Waals surface area (Å²) in [5, 5.41) is 0. The average Bonchev–Trinajstić information content (AvgIpc) is 2.26. The van der Waals surface area contributed by atoms with E-state index in [2.05, 4.69) is 6.58 Å². The first-order chi connectivity index (χ1) is 7.92. The van der Waals surface area contributed by atoms with Crippen molar-refractivity contribution in [2.24, 2.45) is 0 Å². The van der Waals surface area contributed by atoms with Gasteiger partial charge in [-0.05, 0) is 32.9 Å². The molecule has 0 aliphatic rings. The molecule has 0 heterocycles. The second-order valence-corrected chi connectivity index (χ2v) is 4.64. The molecule has 0 radical (unpaired) electrons. The number of ether oxygens (including phenoxy) is 3. The normalized spacial score (nSPS) is 10.9. The van der Waals surface area contributed by atoms with Crippen molar-refractivity contribution in [3.8, 4) is 17.2 Å². The van der Waals surface area contributed by atoms with Gasteiger partial charge in [-0.15, -0.1) is 0 Å². The number of hydrogen-bond donors (Lipinski definition) is 0. The maximum absolute atomic E-state index is 5.83. The van der Waals surface area contributed by atoms with E-state index in [-0.39, 0.29) is 5.60 Å². The molecule has 1 rings (SSSR count). The summed E-state index contributed by atoms with van der Waals surface area (Å²) in [4.78, 5) is 0. The number of methoxy groups -OCH3 is 2. The molecular formula is C14H20O3. The van der Waals surface area contributed by atoms with Crippen LogP contribution in [0.15, 0.2) is 18.7 Å². The van der Waals surface area contributed by atoms with E-state index in [4.69, 9.17) is 14.2 Å². The van der Waals surface area contributed by atoms with Crippen LogP contribution in [0.3, 0.4) is 0 Å². The summed E-state index contributed by atoms with van der Waals surface area (Å²) in [5.74, 6) is 1.91. The van der Waals surface area contributed by atoms with Crippen LogP contribution in [0, 0.1) is 0 Å². The predicted octanol–water partition coefficient (Wildman–Crippen LogP) is 3.52. The highest BCUT2D eigenvalue weighted by atomic mass is 16.5. The number of benzene rings is 1. The second-order valence-electron chi connectivity index (χ2n) is 4.64. The highest BCUT2D eigenvalue weighted by Crippen LogP contribution is 2.41. The van der Waals surface area contributed by atoms with Crippen LogP contribution in [0.25, 0.3) is 6.08 Å². The van der Waals surface area contributed by atoms with Crippen LogP contribution in [-0.2, 0) is 0 Å². The molecule has 0 saturated carbocycles. The van der Waals surface area contributed by atoms with E-state index in [9.17, 15) is 0 Å². The fourth-order valence-corrected chi connectivity index (χ4v) is 1.53. The summed E-state index contributed by atoms with van der Waals surface area (Å²) in [6.07, 6.45) is 1.72. The molecule has 17 heavy (non-hydrogen) atoms. The molecule has 3 nitrogen and oxygen atoms in total. The van der Waals surface area contributed by atoms with Crippen molar-refractivity contribution in [3.63, 3.8) is 0 Å². The molecule has 0 atom stereocenters. The van der Waals surface area contributed by atoms with Crippen LogP contribution in [0.1, 0.15) is 26.3 Å². The monoisotopic (exact) mass is 236 g/mol. The Balaban J connectivity index is 3.28. The summed E-state index contributed by atoms with van der Waals surface area (Å²) < 4.78 is 16.5. The highest BCUT2D eigenvalue weighted by molar-refractivity contribution is 5.65. The van der Waals surface area contributed by atoms with Gasteiger partial charge in [0.15, 0.2) is 11.5 Å². The van der Waals surface area contributed by atoms with Crippen LogP contribution in [-0.4, -0.2) is 19.8 Å². The van der Waals surface area contributed by atoms with E-state index in [1.165, 1.54) is 0 Å². The summed E-state index contributed by atoms with van der Waals surface area (Å²) in [6.45, 7) is 9.70. The first kappa shape index (κ1) is 13.4. The fourth-order valence-electron chi connectivity index (χ4n) is 1.53. The molecule has 0 unspecified atom stereocenters. The van der Waals surface area contributed by atoms with Gasteiger partial charge in [0.2, 0.25) is 5.75 Å². The highest BCUT2D eigenvalue weighted by Gasteiger charge is 2.19. The van der Waals surface area contributed by atoms with Gasteiger partial charge < -0.3 is 14.2 Å². The lowest BCUT2D eigenvalue weighted by Gasteiger charge is -2.24. The quantitative estimate of drug-likeness (QED) is 0.800. The Hall–Kier alpha value is -1.64. The minimum atomic E-state index is -0.284. The fraction of sp³-hybridized carbons (Fsp3) is 0.429. The van der Waals surface area contributed by atoms with Gasteiger partial charge in [-0.3, -0.25) is 0 Å². The number of hydrogen-bond acceptors (Lipinski definition) is 3. The van der Waals surface area contributed by atoms with Crippen molar-refractivity contribution < 1.29 is 14.2 Å². The van der Waals surface area contributed by atoms with Gasteiger partial charge in [-0.25, -0.2) is 0 Å². The van der Waals surface area contributed by atoms with Crippen molar-refractivity contribution in [1.29, 1.82) is 0 Å². The van der Waals surface area contributed by atoms with E-state index in [1.54, 1.807) is 20.3 Å². The smallest absolute Gasteiger partial charge is 0.203 e. The van der Waals surface area contributed by atoms with Crippen molar-refractivity contribution >= 4 is 6.08 Å². The third kappa shape index (κ3) is 3.16. The SMILES string of the molecule is C=Cc1ccc(OC(C)(C)C)c(OC)c1OC. The summed E-state index contributed by atoms with van der Waals surface area (Å²) in [6, 6.07) is 3.76. The molecular weight excluding hydrogens is 216 g/mol. The van der Waals surface area contributed by atoms with Gasteiger partial charge in [0.05, 0.1) is 14.2 Å². The van der Waals surface area contributed by atoms with Crippen molar-refractivity contribution in [2.75, 3.05) is 14.2 Å². The average molecular weight is 236 g/mol. The molecule has 0 N–H and O–H groups in total. The Bertz CT molecular complexity index is 403. The lowest BCUT2D eigenvalue weighted by molar-refractivity contribution is 0.124. The predicted molar refractivity (Wildman–Crippen MR) is 70.0 cm³/mol. The molecule has 0 aliphatic carbocycles. The zero-order valence-corrected chi connectivity index (χ0v) is 11.2. The van der Waals surface area contributed by atoms with Gasteiger partial charge in [-0.1, -0.05) is 12.7 Å². The minimum absolute atomic E-state index is 0.284. The zero-order valence-electron chi connectivity index (χ0n) is 11.2. The Morgan fingerprint density at radius 3 is 2.06 bits per heavy atom. The van der Waals surface area contributed by atoms with Crippen LogP contribution < -0.4 is 14.2 Å². The first-order valence-corrected chi connectivity index (χ1v) is 5.49.